The van der Waals surface area contributed by atoms with Crippen LogP contribution in [-0.2, 0) is 0 Å². The number of anilines is 1. The van der Waals surface area contributed by atoms with Crippen molar-refractivity contribution in [1.82, 2.24) is 4.90 Å². The highest BCUT2D eigenvalue weighted by Gasteiger charge is 2.34. The van der Waals surface area contributed by atoms with Gasteiger partial charge in [-0.1, -0.05) is 24.3 Å². The van der Waals surface area contributed by atoms with Crippen LogP contribution in [0.5, 0.6) is 0 Å². The van der Waals surface area contributed by atoms with E-state index in [2.05, 4.69) is 5.32 Å². The van der Waals surface area contributed by atoms with E-state index in [1.165, 1.54) is 6.92 Å². The third-order valence-electron chi connectivity index (χ3n) is 3.59. The van der Waals surface area contributed by atoms with Crippen molar-refractivity contribution >= 4 is 23.3 Å². The van der Waals surface area contributed by atoms with Crippen LogP contribution in [0.3, 0.4) is 0 Å². The summed E-state index contributed by atoms with van der Waals surface area (Å²) in [5, 5.41) is 3.01. The molecule has 0 unspecified atom stereocenters. The molecule has 0 aliphatic carbocycles. The van der Waals surface area contributed by atoms with E-state index < -0.39 is 0 Å². The number of fused-ring (bicyclic) bond motifs is 1. The van der Waals surface area contributed by atoms with Gasteiger partial charge in [0.2, 0.25) is 0 Å². The molecule has 1 aliphatic rings. The molecule has 110 valence electrons. The highest BCUT2D eigenvalue weighted by Crippen LogP contribution is 2.22. The normalized spacial score (nSPS) is 13.2. The fourth-order valence-electron chi connectivity index (χ4n) is 2.40. The van der Waals surface area contributed by atoms with Gasteiger partial charge in [-0.05, 0) is 31.2 Å². The number of rotatable bonds is 4. The number of hydrogen-bond donors (Lipinski definition) is 1. The average Bonchev–Trinajstić information content (AvgIpc) is 2.78. The van der Waals surface area contributed by atoms with E-state index in [1.54, 1.807) is 48.5 Å². The van der Waals surface area contributed by atoms with Crippen LogP contribution in [0.15, 0.2) is 48.5 Å². The van der Waals surface area contributed by atoms with Crippen LogP contribution in [0.25, 0.3) is 0 Å². The summed E-state index contributed by atoms with van der Waals surface area (Å²) in [6.07, 6.45) is 0. The Labute approximate surface area is 127 Å². The molecule has 0 aromatic heterocycles. The maximum absolute atomic E-state index is 12.2. The molecule has 0 saturated carbocycles. The Morgan fingerprint density at radius 1 is 1.00 bits per heavy atom. The molecule has 22 heavy (non-hydrogen) atoms. The van der Waals surface area contributed by atoms with Crippen LogP contribution in [0.2, 0.25) is 0 Å². The summed E-state index contributed by atoms with van der Waals surface area (Å²) in [6.45, 7) is 1.55. The van der Waals surface area contributed by atoms with Gasteiger partial charge in [0, 0.05) is 11.3 Å². The standard InChI is InChI=1S/C17H14N2O3/c1-11(20)12-5-4-6-13(9-12)18-10-19-16(21)14-7-2-3-8-15(14)17(19)22/h2-9,18H,10H2,1H3. The van der Waals surface area contributed by atoms with Crippen LogP contribution in [0.4, 0.5) is 5.69 Å². The highest BCUT2D eigenvalue weighted by molar-refractivity contribution is 6.21. The second-order valence-corrected chi connectivity index (χ2v) is 5.06. The van der Waals surface area contributed by atoms with Crippen LogP contribution in [0.1, 0.15) is 38.0 Å². The van der Waals surface area contributed by atoms with Crippen molar-refractivity contribution in [1.29, 1.82) is 0 Å². The van der Waals surface area contributed by atoms with Gasteiger partial charge in [-0.25, -0.2) is 0 Å². The van der Waals surface area contributed by atoms with Crippen LogP contribution < -0.4 is 5.32 Å². The molecule has 1 heterocycles. The van der Waals surface area contributed by atoms with Gasteiger partial charge in [0.25, 0.3) is 11.8 Å². The van der Waals surface area contributed by atoms with Gasteiger partial charge in [0.1, 0.15) is 0 Å². The maximum atomic E-state index is 12.2. The monoisotopic (exact) mass is 294 g/mol. The molecule has 1 aliphatic heterocycles. The number of carbonyl (C=O) groups excluding carboxylic acids is 3. The van der Waals surface area contributed by atoms with E-state index in [-0.39, 0.29) is 24.3 Å². The first-order valence-corrected chi connectivity index (χ1v) is 6.88. The number of amides is 2. The Kier molecular flexibility index (Phi) is 3.47. The van der Waals surface area contributed by atoms with E-state index >= 15 is 0 Å². The lowest BCUT2D eigenvalue weighted by Gasteiger charge is -2.16. The Hall–Kier alpha value is -2.95. The minimum Gasteiger partial charge on any atom is -0.367 e. The third-order valence-corrected chi connectivity index (χ3v) is 3.59. The summed E-state index contributed by atoms with van der Waals surface area (Å²) in [5.41, 5.74) is 2.11. The third kappa shape index (κ3) is 2.37. The fourth-order valence-corrected chi connectivity index (χ4v) is 2.40. The van der Waals surface area contributed by atoms with E-state index in [1.807, 2.05) is 0 Å². The quantitative estimate of drug-likeness (QED) is 0.695. The molecule has 0 saturated heterocycles. The van der Waals surface area contributed by atoms with Gasteiger partial charge in [-0.2, -0.15) is 0 Å². The molecule has 0 atom stereocenters. The average molecular weight is 294 g/mol. The lowest BCUT2D eigenvalue weighted by molar-refractivity contribution is 0.0665. The summed E-state index contributed by atoms with van der Waals surface area (Å²) < 4.78 is 0. The topological polar surface area (TPSA) is 66.5 Å². The van der Waals surface area contributed by atoms with E-state index in [9.17, 15) is 14.4 Å². The molecule has 0 radical (unpaired) electrons. The molecule has 2 aromatic rings. The molecule has 5 nitrogen and oxygen atoms in total. The number of benzene rings is 2. The Morgan fingerprint density at radius 2 is 1.64 bits per heavy atom. The Morgan fingerprint density at radius 3 is 2.23 bits per heavy atom. The molecule has 5 heteroatoms. The van der Waals surface area contributed by atoms with E-state index in [0.717, 1.165) is 4.90 Å². The van der Waals surface area contributed by atoms with Crippen molar-refractivity contribution < 1.29 is 14.4 Å². The number of imide groups is 1. The first-order chi connectivity index (χ1) is 10.6. The van der Waals surface area contributed by atoms with Crippen molar-refractivity contribution in [3.05, 3.63) is 65.2 Å². The van der Waals surface area contributed by atoms with Crippen LogP contribution in [0, 0.1) is 0 Å². The van der Waals surface area contributed by atoms with Crippen LogP contribution >= 0.6 is 0 Å². The molecular weight excluding hydrogens is 280 g/mol. The predicted molar refractivity (Wildman–Crippen MR) is 81.9 cm³/mol. The van der Waals surface area contributed by atoms with E-state index in [0.29, 0.717) is 22.4 Å². The van der Waals surface area contributed by atoms with Crippen molar-refractivity contribution in [2.45, 2.75) is 6.92 Å². The molecule has 0 spiro atoms. The summed E-state index contributed by atoms with van der Waals surface area (Å²) in [6, 6.07) is 13.7. The lowest BCUT2D eigenvalue weighted by atomic mass is 10.1. The Balaban J connectivity index is 1.76. The number of nitrogens with zero attached hydrogens (tertiary/aromatic N) is 1. The number of hydrogen-bond acceptors (Lipinski definition) is 4. The molecule has 0 bridgehead atoms. The second kappa shape index (κ2) is 5.44. The van der Waals surface area contributed by atoms with Gasteiger partial charge in [0.05, 0.1) is 17.8 Å². The predicted octanol–water partition coefficient (Wildman–Crippen LogP) is 2.55. The zero-order chi connectivity index (χ0) is 15.7. The summed E-state index contributed by atoms with van der Waals surface area (Å²) in [4.78, 5) is 37.0. The van der Waals surface area contributed by atoms with Gasteiger partial charge < -0.3 is 5.32 Å². The summed E-state index contributed by atoms with van der Waals surface area (Å²) in [7, 11) is 0. The van der Waals surface area contributed by atoms with Gasteiger partial charge in [-0.15, -0.1) is 0 Å². The molecule has 3 rings (SSSR count). The Bertz CT molecular complexity index is 748. The van der Waals surface area contributed by atoms with Crippen LogP contribution in [-0.4, -0.2) is 29.2 Å². The molecule has 2 aromatic carbocycles. The number of nitrogens with one attached hydrogen (secondary N) is 1. The largest absolute Gasteiger partial charge is 0.367 e. The lowest BCUT2D eigenvalue weighted by Crippen LogP contribution is -2.34. The smallest absolute Gasteiger partial charge is 0.263 e. The first kappa shape index (κ1) is 14.0. The molecule has 0 fully saturated rings. The molecule has 1 N–H and O–H groups in total. The minimum atomic E-state index is -0.309. The number of carbonyl (C=O) groups is 3. The molecule has 2 amide bonds. The van der Waals surface area contributed by atoms with Gasteiger partial charge in [0.15, 0.2) is 5.78 Å². The summed E-state index contributed by atoms with van der Waals surface area (Å²) in [5.74, 6) is -0.656. The SMILES string of the molecule is CC(=O)c1cccc(NCN2C(=O)c3ccccc3C2=O)c1. The van der Waals surface area contributed by atoms with Crippen molar-refractivity contribution in [2.75, 3.05) is 12.0 Å². The van der Waals surface area contributed by atoms with E-state index in [4.69, 9.17) is 0 Å². The fraction of sp³-hybridized carbons (Fsp3) is 0.118. The maximum Gasteiger partial charge on any atom is 0.263 e. The van der Waals surface area contributed by atoms with Crippen molar-refractivity contribution in [3.63, 3.8) is 0 Å². The number of Topliss-reactive ketones (excluding diaryl/α,β-unsaturated/α-hetero) is 1. The second-order valence-electron chi connectivity index (χ2n) is 5.06. The highest BCUT2D eigenvalue weighted by atomic mass is 16.2. The zero-order valence-corrected chi connectivity index (χ0v) is 12.0. The van der Waals surface area contributed by atoms with Gasteiger partial charge >= 0.3 is 0 Å². The summed E-state index contributed by atoms with van der Waals surface area (Å²) >= 11 is 0. The zero-order valence-electron chi connectivity index (χ0n) is 12.0. The van der Waals surface area contributed by atoms with Crippen molar-refractivity contribution in [3.8, 4) is 0 Å². The first-order valence-electron chi connectivity index (χ1n) is 6.88. The minimum absolute atomic E-state index is 0.0376. The number of ketones is 1. The molecular formula is C17H14N2O3. The van der Waals surface area contributed by atoms with Crippen molar-refractivity contribution in [2.24, 2.45) is 0 Å². The van der Waals surface area contributed by atoms with Gasteiger partial charge in [-0.3, -0.25) is 19.3 Å².